The minimum atomic E-state index is 0.0831. The molecule has 1 aliphatic heterocycles. The number of carbonyl (C=O) groups excluding carboxylic acids is 1. The van der Waals surface area contributed by atoms with E-state index in [2.05, 4.69) is 26.5 Å². The summed E-state index contributed by atoms with van der Waals surface area (Å²) in [4.78, 5) is 21.0. The van der Waals surface area contributed by atoms with Crippen LogP contribution in [0.3, 0.4) is 0 Å². The SMILES string of the molecule is CC(C)c1nc(C2CCCN2CC(=O)N(C)Cc2ccsc2)no1. The monoisotopic (exact) mass is 348 g/mol. The van der Waals surface area contributed by atoms with E-state index in [0.717, 1.165) is 19.4 Å². The second-order valence-corrected chi connectivity index (χ2v) is 7.44. The number of amides is 1. The van der Waals surface area contributed by atoms with Gasteiger partial charge >= 0.3 is 0 Å². The molecule has 2 aromatic rings. The predicted octanol–water partition coefficient (Wildman–Crippen LogP) is 3.05. The second-order valence-electron chi connectivity index (χ2n) is 6.66. The van der Waals surface area contributed by atoms with Crippen molar-refractivity contribution >= 4 is 17.2 Å². The summed E-state index contributed by atoms with van der Waals surface area (Å²) < 4.78 is 5.33. The lowest BCUT2D eigenvalue weighted by atomic mass is 10.2. The van der Waals surface area contributed by atoms with Crippen molar-refractivity contribution in [2.24, 2.45) is 0 Å². The standard InChI is InChI=1S/C17H24N4O2S/c1-12(2)17-18-16(19-23-17)14-5-4-7-21(14)10-15(22)20(3)9-13-6-8-24-11-13/h6,8,11-12,14H,4-5,7,9-10H2,1-3H3. The van der Waals surface area contributed by atoms with Crippen LogP contribution < -0.4 is 0 Å². The molecular weight excluding hydrogens is 324 g/mol. The van der Waals surface area contributed by atoms with Gasteiger partial charge in [-0.25, -0.2) is 0 Å². The van der Waals surface area contributed by atoms with Gasteiger partial charge in [0.15, 0.2) is 5.82 Å². The van der Waals surface area contributed by atoms with E-state index in [4.69, 9.17) is 4.52 Å². The Balaban J connectivity index is 1.61. The van der Waals surface area contributed by atoms with Crippen molar-refractivity contribution in [1.29, 1.82) is 0 Å². The van der Waals surface area contributed by atoms with Gasteiger partial charge in [0.2, 0.25) is 11.8 Å². The van der Waals surface area contributed by atoms with E-state index in [1.165, 1.54) is 5.56 Å². The highest BCUT2D eigenvalue weighted by molar-refractivity contribution is 7.07. The molecule has 0 N–H and O–H groups in total. The molecule has 1 atom stereocenters. The van der Waals surface area contributed by atoms with Crippen LogP contribution >= 0.6 is 11.3 Å². The number of aromatic nitrogens is 2. The first-order valence-electron chi connectivity index (χ1n) is 8.37. The van der Waals surface area contributed by atoms with Crippen LogP contribution in [0, 0.1) is 0 Å². The Bertz CT molecular complexity index is 668. The van der Waals surface area contributed by atoms with Crippen LogP contribution in [0.25, 0.3) is 0 Å². The number of likely N-dealkylation sites (N-methyl/N-ethyl adjacent to an activating group) is 1. The molecule has 24 heavy (non-hydrogen) atoms. The highest BCUT2D eigenvalue weighted by Crippen LogP contribution is 2.30. The van der Waals surface area contributed by atoms with Crippen LogP contribution in [0.1, 0.15) is 55.9 Å². The lowest BCUT2D eigenvalue weighted by molar-refractivity contribution is -0.131. The van der Waals surface area contributed by atoms with E-state index in [-0.39, 0.29) is 17.9 Å². The third-order valence-electron chi connectivity index (χ3n) is 4.38. The van der Waals surface area contributed by atoms with Gasteiger partial charge in [0.25, 0.3) is 0 Å². The number of carbonyl (C=O) groups is 1. The summed E-state index contributed by atoms with van der Waals surface area (Å²) in [5.41, 5.74) is 1.17. The largest absolute Gasteiger partial charge is 0.340 e. The van der Waals surface area contributed by atoms with E-state index in [1.807, 2.05) is 26.3 Å². The van der Waals surface area contributed by atoms with Crippen molar-refractivity contribution in [3.05, 3.63) is 34.1 Å². The van der Waals surface area contributed by atoms with Gasteiger partial charge in [-0.1, -0.05) is 19.0 Å². The molecule has 1 saturated heterocycles. The number of nitrogens with zero attached hydrogens (tertiary/aromatic N) is 4. The predicted molar refractivity (Wildman–Crippen MR) is 92.7 cm³/mol. The van der Waals surface area contributed by atoms with Crippen LogP contribution in [-0.4, -0.2) is 46.0 Å². The van der Waals surface area contributed by atoms with E-state index >= 15 is 0 Å². The zero-order valence-corrected chi connectivity index (χ0v) is 15.3. The molecule has 7 heteroatoms. The molecule has 0 spiro atoms. The molecule has 6 nitrogen and oxygen atoms in total. The molecule has 2 aromatic heterocycles. The molecule has 3 heterocycles. The fourth-order valence-corrected chi connectivity index (χ4v) is 3.62. The molecule has 0 saturated carbocycles. The number of rotatable bonds is 6. The lowest BCUT2D eigenvalue weighted by Crippen LogP contribution is -2.38. The summed E-state index contributed by atoms with van der Waals surface area (Å²) in [7, 11) is 1.86. The third kappa shape index (κ3) is 3.84. The molecule has 1 amide bonds. The van der Waals surface area contributed by atoms with Crippen molar-refractivity contribution in [3.63, 3.8) is 0 Å². The number of hydrogen-bond donors (Lipinski definition) is 0. The number of hydrogen-bond acceptors (Lipinski definition) is 6. The first-order chi connectivity index (χ1) is 11.5. The summed E-state index contributed by atoms with van der Waals surface area (Å²) in [6, 6.07) is 2.14. The maximum atomic E-state index is 12.5. The Morgan fingerprint density at radius 3 is 3.04 bits per heavy atom. The summed E-state index contributed by atoms with van der Waals surface area (Å²) in [6.45, 7) is 6.02. The van der Waals surface area contributed by atoms with Crippen LogP contribution in [0.2, 0.25) is 0 Å². The highest BCUT2D eigenvalue weighted by Gasteiger charge is 2.32. The van der Waals surface area contributed by atoms with E-state index < -0.39 is 0 Å². The molecule has 1 unspecified atom stereocenters. The van der Waals surface area contributed by atoms with Crippen molar-refractivity contribution in [1.82, 2.24) is 19.9 Å². The Morgan fingerprint density at radius 1 is 1.54 bits per heavy atom. The molecule has 0 aliphatic carbocycles. The average molecular weight is 348 g/mol. The molecular formula is C17H24N4O2S. The summed E-state index contributed by atoms with van der Waals surface area (Å²) in [5.74, 6) is 1.72. The summed E-state index contributed by atoms with van der Waals surface area (Å²) >= 11 is 1.65. The van der Waals surface area contributed by atoms with Gasteiger partial charge in [0.1, 0.15) is 0 Å². The van der Waals surface area contributed by atoms with E-state index in [1.54, 1.807) is 16.2 Å². The average Bonchev–Trinajstić information content (AvgIpc) is 3.27. The van der Waals surface area contributed by atoms with Crippen LogP contribution in [-0.2, 0) is 11.3 Å². The van der Waals surface area contributed by atoms with Gasteiger partial charge in [-0.15, -0.1) is 0 Å². The van der Waals surface area contributed by atoms with Crippen LogP contribution in [0.15, 0.2) is 21.3 Å². The van der Waals surface area contributed by atoms with Gasteiger partial charge < -0.3 is 9.42 Å². The van der Waals surface area contributed by atoms with Crippen molar-refractivity contribution in [3.8, 4) is 0 Å². The Hall–Kier alpha value is -1.73. The van der Waals surface area contributed by atoms with Crippen LogP contribution in [0.4, 0.5) is 0 Å². The van der Waals surface area contributed by atoms with Gasteiger partial charge in [-0.3, -0.25) is 9.69 Å². The molecule has 3 rings (SSSR count). The van der Waals surface area contributed by atoms with Crippen molar-refractivity contribution in [2.75, 3.05) is 20.1 Å². The molecule has 1 fully saturated rings. The second kappa shape index (κ2) is 7.44. The first kappa shape index (κ1) is 17.1. The fraction of sp³-hybridized carbons (Fsp3) is 0.588. The van der Waals surface area contributed by atoms with Gasteiger partial charge in [-0.2, -0.15) is 16.3 Å². The summed E-state index contributed by atoms with van der Waals surface area (Å²) in [6.07, 6.45) is 2.02. The van der Waals surface area contributed by atoms with Crippen molar-refractivity contribution < 1.29 is 9.32 Å². The number of likely N-dealkylation sites (tertiary alicyclic amines) is 1. The zero-order chi connectivity index (χ0) is 17.1. The molecule has 0 aromatic carbocycles. The van der Waals surface area contributed by atoms with Gasteiger partial charge in [0, 0.05) is 19.5 Å². The van der Waals surface area contributed by atoms with E-state index in [0.29, 0.717) is 24.8 Å². The summed E-state index contributed by atoms with van der Waals surface area (Å²) in [5, 5.41) is 8.24. The van der Waals surface area contributed by atoms with Gasteiger partial charge in [0.05, 0.1) is 12.6 Å². The first-order valence-corrected chi connectivity index (χ1v) is 9.31. The third-order valence-corrected chi connectivity index (χ3v) is 5.11. The van der Waals surface area contributed by atoms with Gasteiger partial charge in [-0.05, 0) is 41.8 Å². The molecule has 0 radical (unpaired) electrons. The zero-order valence-electron chi connectivity index (χ0n) is 14.4. The van der Waals surface area contributed by atoms with E-state index in [9.17, 15) is 4.79 Å². The molecule has 0 bridgehead atoms. The fourth-order valence-electron chi connectivity index (χ4n) is 2.96. The maximum absolute atomic E-state index is 12.5. The Labute approximate surface area is 146 Å². The number of thiophene rings is 1. The minimum absolute atomic E-state index is 0.0831. The highest BCUT2D eigenvalue weighted by atomic mass is 32.1. The smallest absolute Gasteiger partial charge is 0.236 e. The lowest BCUT2D eigenvalue weighted by Gasteiger charge is -2.24. The maximum Gasteiger partial charge on any atom is 0.236 e. The molecule has 130 valence electrons. The Kier molecular flexibility index (Phi) is 5.30. The quantitative estimate of drug-likeness (QED) is 0.803. The normalized spacial score (nSPS) is 18.4. The van der Waals surface area contributed by atoms with Crippen molar-refractivity contribution in [2.45, 2.75) is 45.2 Å². The van der Waals surface area contributed by atoms with Crippen LogP contribution in [0.5, 0.6) is 0 Å². The minimum Gasteiger partial charge on any atom is -0.340 e. The Morgan fingerprint density at radius 2 is 2.38 bits per heavy atom. The molecule has 1 aliphatic rings. The topological polar surface area (TPSA) is 62.5 Å².